The van der Waals surface area contributed by atoms with Crippen LogP contribution in [0.15, 0.2) is 54.6 Å². The lowest BCUT2D eigenvalue weighted by Gasteiger charge is -2.32. The zero-order valence-corrected chi connectivity index (χ0v) is 21.4. The van der Waals surface area contributed by atoms with Gasteiger partial charge in [-0.2, -0.15) is 10.1 Å². The Morgan fingerprint density at radius 3 is 2.63 bits per heavy atom. The minimum Gasteiger partial charge on any atom is -0.352 e. The van der Waals surface area contributed by atoms with E-state index in [4.69, 9.17) is 10.1 Å². The lowest BCUT2D eigenvalue weighted by atomic mass is 10.0. The monoisotopic (exact) mass is 488 g/mol. The number of fused-ring (bicyclic) bond motifs is 1. The molecule has 0 radical (unpaired) electrons. The number of likely N-dealkylation sites (tertiary alicyclic amines) is 1. The summed E-state index contributed by atoms with van der Waals surface area (Å²) in [5.41, 5.74) is 5.31. The molecule has 0 bridgehead atoms. The quantitative estimate of drug-likeness (QED) is 0.420. The highest BCUT2D eigenvalue weighted by Crippen LogP contribution is 2.32. The average molecular weight is 489 g/mol. The van der Waals surface area contributed by atoms with Gasteiger partial charge in [0, 0.05) is 32.7 Å². The van der Waals surface area contributed by atoms with Crippen molar-refractivity contribution in [3.05, 3.63) is 71.4 Å². The minimum atomic E-state index is 0.0466. The van der Waals surface area contributed by atoms with Crippen molar-refractivity contribution in [1.29, 1.82) is 0 Å². The van der Waals surface area contributed by atoms with Crippen LogP contribution in [0.2, 0.25) is 0 Å². The molecule has 5 rings (SSSR count). The van der Waals surface area contributed by atoms with Crippen molar-refractivity contribution in [2.45, 2.75) is 39.3 Å². The van der Waals surface area contributed by atoms with Gasteiger partial charge >= 0.3 is 0 Å². The van der Waals surface area contributed by atoms with E-state index in [1.165, 1.54) is 11.1 Å². The fraction of sp³-hybridized carbons (Fsp3) is 0.370. The number of nitrogens with one attached hydrogen (secondary N) is 1. The van der Waals surface area contributed by atoms with Crippen LogP contribution in [0, 0.1) is 13.8 Å². The molecule has 4 aromatic rings. The third kappa shape index (κ3) is 5.39. The third-order valence-corrected chi connectivity index (χ3v) is 7.80. The standard InChI is InChI=1S/C27H32N6OS/c1-19-8-7-11-23(16-19)33-26-25(20(2)30-33)35-27(29-26)31(3)18-24(34)28-22-12-14-32(15-13-22)17-21-9-5-4-6-10-21/h4-11,16,22H,12-15,17-18H2,1-3H3,(H,28,34). The van der Waals surface area contributed by atoms with Gasteiger partial charge in [0.2, 0.25) is 5.91 Å². The fourth-order valence-corrected chi connectivity index (χ4v) is 5.61. The van der Waals surface area contributed by atoms with Crippen molar-refractivity contribution < 1.29 is 4.79 Å². The van der Waals surface area contributed by atoms with Crippen LogP contribution < -0.4 is 10.2 Å². The first kappa shape index (κ1) is 23.5. The van der Waals surface area contributed by atoms with E-state index in [2.05, 4.69) is 59.6 Å². The number of aryl methyl sites for hydroxylation is 2. The smallest absolute Gasteiger partial charge is 0.239 e. The molecule has 0 unspecified atom stereocenters. The maximum Gasteiger partial charge on any atom is 0.239 e. The second kappa shape index (κ2) is 10.2. The number of carbonyl (C=O) groups is 1. The van der Waals surface area contributed by atoms with Crippen molar-refractivity contribution in [2.75, 3.05) is 31.6 Å². The Morgan fingerprint density at radius 1 is 1.11 bits per heavy atom. The molecule has 0 atom stereocenters. The van der Waals surface area contributed by atoms with Gasteiger partial charge in [-0.25, -0.2) is 4.68 Å². The van der Waals surface area contributed by atoms with Crippen molar-refractivity contribution >= 4 is 32.7 Å². The average Bonchev–Trinajstić information content (AvgIpc) is 3.42. The zero-order chi connectivity index (χ0) is 24.4. The zero-order valence-electron chi connectivity index (χ0n) is 20.6. The number of likely N-dealkylation sites (N-methyl/N-ethyl adjacent to an activating group) is 1. The van der Waals surface area contributed by atoms with Crippen LogP contribution in [0.25, 0.3) is 16.0 Å². The van der Waals surface area contributed by atoms with E-state index in [0.717, 1.165) is 59.3 Å². The molecule has 2 aromatic heterocycles. The first-order valence-corrected chi connectivity index (χ1v) is 13.0. The summed E-state index contributed by atoms with van der Waals surface area (Å²) in [5.74, 6) is 0.0466. The summed E-state index contributed by atoms with van der Waals surface area (Å²) in [6.07, 6.45) is 1.96. The number of carbonyl (C=O) groups excluding carboxylic acids is 1. The largest absolute Gasteiger partial charge is 0.352 e. The summed E-state index contributed by atoms with van der Waals surface area (Å²) in [6.45, 7) is 7.35. The summed E-state index contributed by atoms with van der Waals surface area (Å²) in [4.78, 5) is 22.1. The SMILES string of the molecule is Cc1cccc(-n2nc(C)c3sc(N(C)CC(=O)NC4CCN(Cc5ccccc5)CC4)nc32)c1. The molecule has 0 spiro atoms. The Kier molecular flexibility index (Phi) is 6.83. The molecule has 8 heteroatoms. The van der Waals surface area contributed by atoms with Crippen LogP contribution in [0.4, 0.5) is 5.13 Å². The molecule has 3 heterocycles. The molecule has 0 aliphatic carbocycles. The highest BCUT2D eigenvalue weighted by molar-refractivity contribution is 7.22. The van der Waals surface area contributed by atoms with E-state index >= 15 is 0 Å². The van der Waals surface area contributed by atoms with Gasteiger partial charge in [-0.15, -0.1) is 0 Å². The Balaban J connectivity index is 1.18. The molecule has 2 aromatic carbocycles. The number of rotatable bonds is 7. The van der Waals surface area contributed by atoms with E-state index in [1.54, 1.807) is 11.3 Å². The number of benzene rings is 2. The number of thiazole rings is 1. The van der Waals surface area contributed by atoms with Gasteiger partial charge in [0.15, 0.2) is 10.8 Å². The summed E-state index contributed by atoms with van der Waals surface area (Å²) in [7, 11) is 1.93. The van der Waals surface area contributed by atoms with Gasteiger partial charge in [0.25, 0.3) is 0 Å². The molecule has 1 N–H and O–H groups in total. The van der Waals surface area contributed by atoms with E-state index in [0.29, 0.717) is 0 Å². The molecule has 1 amide bonds. The van der Waals surface area contributed by atoms with Gasteiger partial charge in [-0.05, 0) is 49.9 Å². The van der Waals surface area contributed by atoms with Crippen LogP contribution in [0.3, 0.4) is 0 Å². The summed E-state index contributed by atoms with van der Waals surface area (Å²) < 4.78 is 2.95. The van der Waals surface area contributed by atoms with Crippen LogP contribution in [0.1, 0.15) is 29.7 Å². The number of hydrogen-bond donors (Lipinski definition) is 1. The topological polar surface area (TPSA) is 66.3 Å². The molecule has 1 saturated heterocycles. The number of anilines is 1. The Morgan fingerprint density at radius 2 is 1.89 bits per heavy atom. The predicted molar refractivity (Wildman–Crippen MR) is 142 cm³/mol. The highest BCUT2D eigenvalue weighted by atomic mass is 32.1. The second-order valence-corrected chi connectivity index (χ2v) is 10.4. The number of nitrogens with zero attached hydrogens (tertiary/aromatic N) is 5. The number of piperidine rings is 1. The van der Waals surface area contributed by atoms with Crippen molar-refractivity contribution in [3.63, 3.8) is 0 Å². The van der Waals surface area contributed by atoms with Crippen molar-refractivity contribution in [1.82, 2.24) is 25.0 Å². The maximum absolute atomic E-state index is 12.8. The summed E-state index contributed by atoms with van der Waals surface area (Å²) in [6, 6.07) is 19.1. The normalized spacial score (nSPS) is 14.9. The van der Waals surface area contributed by atoms with Crippen LogP contribution in [-0.2, 0) is 11.3 Å². The lowest BCUT2D eigenvalue weighted by molar-refractivity contribution is -0.120. The third-order valence-electron chi connectivity index (χ3n) is 6.53. The molecular weight excluding hydrogens is 456 g/mol. The van der Waals surface area contributed by atoms with E-state index < -0.39 is 0 Å². The van der Waals surface area contributed by atoms with E-state index in [9.17, 15) is 4.79 Å². The molecule has 35 heavy (non-hydrogen) atoms. The Labute approximate surface area is 210 Å². The molecule has 182 valence electrons. The van der Waals surface area contributed by atoms with Crippen LogP contribution >= 0.6 is 11.3 Å². The second-order valence-electron chi connectivity index (χ2n) is 9.44. The van der Waals surface area contributed by atoms with Gasteiger partial charge in [-0.3, -0.25) is 9.69 Å². The van der Waals surface area contributed by atoms with Crippen LogP contribution in [0.5, 0.6) is 0 Å². The molecule has 1 aliphatic heterocycles. The minimum absolute atomic E-state index is 0.0466. The van der Waals surface area contributed by atoms with Crippen LogP contribution in [-0.4, -0.2) is 58.3 Å². The molecule has 1 aliphatic rings. The number of aromatic nitrogens is 3. The Hall–Kier alpha value is -3.23. The molecule has 1 fully saturated rings. The fourth-order valence-electron chi connectivity index (χ4n) is 4.66. The van der Waals surface area contributed by atoms with Gasteiger partial charge in [-0.1, -0.05) is 53.8 Å². The molecule has 7 nitrogen and oxygen atoms in total. The first-order valence-electron chi connectivity index (χ1n) is 12.2. The lowest BCUT2D eigenvalue weighted by Crippen LogP contribution is -2.46. The number of hydrogen-bond acceptors (Lipinski definition) is 6. The highest BCUT2D eigenvalue weighted by Gasteiger charge is 2.22. The summed E-state index contributed by atoms with van der Waals surface area (Å²) >= 11 is 1.59. The van der Waals surface area contributed by atoms with Gasteiger partial charge in [0.1, 0.15) is 0 Å². The van der Waals surface area contributed by atoms with E-state index in [1.807, 2.05) is 35.7 Å². The Bertz CT molecular complexity index is 1310. The first-order chi connectivity index (χ1) is 17.0. The van der Waals surface area contributed by atoms with Crippen molar-refractivity contribution in [2.24, 2.45) is 0 Å². The van der Waals surface area contributed by atoms with E-state index in [-0.39, 0.29) is 18.5 Å². The number of amides is 1. The van der Waals surface area contributed by atoms with Gasteiger partial charge < -0.3 is 10.2 Å². The maximum atomic E-state index is 12.8. The molecular formula is C27H32N6OS. The predicted octanol–water partition coefficient (Wildman–Crippen LogP) is 4.32. The molecule has 0 saturated carbocycles. The summed E-state index contributed by atoms with van der Waals surface area (Å²) in [5, 5.41) is 8.76. The van der Waals surface area contributed by atoms with Crippen molar-refractivity contribution in [3.8, 4) is 5.69 Å². The van der Waals surface area contributed by atoms with Gasteiger partial charge in [0.05, 0.1) is 22.6 Å².